The van der Waals surface area contributed by atoms with Gasteiger partial charge in [0.1, 0.15) is 11.6 Å². The Labute approximate surface area is 169 Å². The Balaban J connectivity index is 1.72. The van der Waals surface area contributed by atoms with Crippen LogP contribution in [0.4, 0.5) is 10.1 Å². The van der Waals surface area contributed by atoms with Crippen LogP contribution in [0, 0.1) is 5.82 Å². The van der Waals surface area contributed by atoms with Gasteiger partial charge in [0, 0.05) is 37.8 Å². The van der Waals surface area contributed by atoms with E-state index >= 15 is 0 Å². The average molecular weight is 397 g/mol. The summed E-state index contributed by atoms with van der Waals surface area (Å²) in [6, 6.07) is 10.8. The van der Waals surface area contributed by atoms with E-state index in [9.17, 15) is 14.0 Å². The van der Waals surface area contributed by atoms with Crippen LogP contribution in [-0.2, 0) is 4.79 Å². The number of nitrogens with zero attached hydrogens (tertiary/aromatic N) is 2. The van der Waals surface area contributed by atoms with Crippen LogP contribution in [0.25, 0.3) is 6.08 Å². The van der Waals surface area contributed by atoms with Gasteiger partial charge in [-0.15, -0.1) is 0 Å². The maximum absolute atomic E-state index is 13.0. The van der Waals surface area contributed by atoms with Gasteiger partial charge in [-0.2, -0.15) is 0 Å². The molecule has 1 saturated heterocycles. The first-order valence-electron chi connectivity index (χ1n) is 9.37. The molecule has 3 rings (SSSR count). The summed E-state index contributed by atoms with van der Waals surface area (Å²) < 4.78 is 18.3. The first-order chi connectivity index (χ1) is 14.0. The second-order valence-corrected chi connectivity index (χ2v) is 6.88. The van der Waals surface area contributed by atoms with Gasteiger partial charge in [0.25, 0.3) is 5.91 Å². The van der Waals surface area contributed by atoms with E-state index in [2.05, 4.69) is 10.2 Å². The highest BCUT2D eigenvalue weighted by molar-refractivity contribution is 6.04. The first-order valence-corrected chi connectivity index (χ1v) is 9.37. The number of benzene rings is 2. The van der Waals surface area contributed by atoms with Gasteiger partial charge in [-0.3, -0.25) is 9.59 Å². The van der Waals surface area contributed by atoms with Gasteiger partial charge in [0.2, 0.25) is 5.91 Å². The van der Waals surface area contributed by atoms with Crippen LogP contribution < -0.4 is 10.1 Å². The number of nitrogens with one attached hydrogen (secondary N) is 1. The number of anilines is 1. The van der Waals surface area contributed by atoms with Crippen molar-refractivity contribution in [1.82, 2.24) is 9.80 Å². The molecule has 1 aliphatic heterocycles. The lowest BCUT2D eigenvalue weighted by molar-refractivity contribution is -0.111. The maximum atomic E-state index is 13.0. The number of amides is 2. The molecule has 6 nitrogen and oxygen atoms in total. The summed E-state index contributed by atoms with van der Waals surface area (Å²) in [5.74, 6) is -0.323. The number of piperazine rings is 1. The highest BCUT2D eigenvalue weighted by Crippen LogP contribution is 2.26. The molecule has 0 unspecified atom stereocenters. The highest BCUT2D eigenvalue weighted by Gasteiger charge is 2.21. The van der Waals surface area contributed by atoms with Crippen LogP contribution in [0.3, 0.4) is 0 Å². The molecule has 152 valence electrons. The van der Waals surface area contributed by atoms with Gasteiger partial charge < -0.3 is 19.9 Å². The normalized spacial score (nSPS) is 14.8. The number of halogens is 1. The molecule has 0 radical (unpaired) electrons. The molecular weight excluding hydrogens is 373 g/mol. The molecule has 0 aliphatic carbocycles. The summed E-state index contributed by atoms with van der Waals surface area (Å²) in [6.45, 7) is 3.01. The van der Waals surface area contributed by atoms with E-state index in [1.54, 1.807) is 36.4 Å². The Morgan fingerprint density at radius 3 is 2.41 bits per heavy atom. The molecule has 2 amide bonds. The van der Waals surface area contributed by atoms with Crippen LogP contribution in [0.15, 0.2) is 48.5 Å². The quantitative estimate of drug-likeness (QED) is 0.789. The Hall–Kier alpha value is -3.19. The molecule has 2 aromatic carbocycles. The first kappa shape index (κ1) is 20.5. The van der Waals surface area contributed by atoms with Crippen LogP contribution >= 0.6 is 0 Å². The lowest BCUT2D eigenvalue weighted by Gasteiger charge is -2.32. The fourth-order valence-electron chi connectivity index (χ4n) is 3.05. The zero-order chi connectivity index (χ0) is 20.8. The number of rotatable bonds is 5. The molecule has 0 aromatic heterocycles. The summed E-state index contributed by atoms with van der Waals surface area (Å²) in [6.07, 6.45) is 2.93. The Bertz CT molecular complexity index is 904. The zero-order valence-electron chi connectivity index (χ0n) is 16.5. The highest BCUT2D eigenvalue weighted by atomic mass is 19.1. The third kappa shape index (κ3) is 5.42. The summed E-state index contributed by atoms with van der Waals surface area (Å²) in [5, 5.41) is 2.74. The van der Waals surface area contributed by atoms with Crippen LogP contribution in [-0.4, -0.2) is 62.0 Å². The molecular formula is C22H24FN3O3. The third-order valence-corrected chi connectivity index (χ3v) is 4.79. The number of ether oxygens (including phenoxy) is 1. The van der Waals surface area contributed by atoms with Crippen molar-refractivity contribution in [3.63, 3.8) is 0 Å². The maximum Gasteiger partial charge on any atom is 0.254 e. The molecule has 29 heavy (non-hydrogen) atoms. The number of hydrogen-bond acceptors (Lipinski definition) is 4. The zero-order valence-corrected chi connectivity index (χ0v) is 16.5. The van der Waals surface area contributed by atoms with Crippen molar-refractivity contribution < 1.29 is 18.7 Å². The minimum absolute atomic E-state index is 0.0712. The van der Waals surface area contributed by atoms with Crippen molar-refractivity contribution in [1.29, 1.82) is 0 Å². The van der Waals surface area contributed by atoms with Gasteiger partial charge >= 0.3 is 0 Å². The van der Waals surface area contributed by atoms with E-state index in [0.717, 1.165) is 13.1 Å². The second-order valence-electron chi connectivity index (χ2n) is 6.88. The van der Waals surface area contributed by atoms with Crippen molar-refractivity contribution in [2.45, 2.75) is 0 Å². The lowest BCUT2D eigenvalue weighted by Crippen LogP contribution is -2.47. The van der Waals surface area contributed by atoms with Crippen molar-refractivity contribution in [2.24, 2.45) is 0 Å². The molecule has 0 bridgehead atoms. The molecule has 0 atom stereocenters. The van der Waals surface area contributed by atoms with Gasteiger partial charge in [-0.25, -0.2) is 4.39 Å². The van der Waals surface area contributed by atoms with Crippen molar-refractivity contribution >= 4 is 23.6 Å². The topological polar surface area (TPSA) is 61.9 Å². The number of carbonyl (C=O) groups excluding carboxylic acids is 2. The van der Waals surface area contributed by atoms with Gasteiger partial charge in [-0.1, -0.05) is 12.1 Å². The van der Waals surface area contributed by atoms with E-state index in [4.69, 9.17) is 4.74 Å². The third-order valence-electron chi connectivity index (χ3n) is 4.79. The summed E-state index contributed by atoms with van der Waals surface area (Å²) in [7, 11) is 3.53. The number of hydrogen-bond donors (Lipinski definition) is 1. The SMILES string of the molecule is COc1ccc(C(=O)N2CCN(C)CC2)cc1NC(=O)C=Cc1ccc(F)cc1. The molecule has 7 heteroatoms. The van der Waals surface area contributed by atoms with Gasteiger partial charge in [0.05, 0.1) is 12.8 Å². The van der Waals surface area contributed by atoms with E-state index in [1.165, 1.54) is 25.3 Å². The number of carbonyl (C=O) groups is 2. The average Bonchev–Trinajstić information content (AvgIpc) is 2.73. The molecule has 1 fully saturated rings. The summed E-state index contributed by atoms with van der Waals surface area (Å²) in [4.78, 5) is 29.1. The Kier molecular flexibility index (Phi) is 6.61. The predicted octanol–water partition coefficient (Wildman–Crippen LogP) is 2.87. The summed E-state index contributed by atoms with van der Waals surface area (Å²) in [5.41, 5.74) is 1.61. The molecule has 0 spiro atoms. The predicted molar refractivity (Wildman–Crippen MR) is 110 cm³/mol. The van der Waals surface area contributed by atoms with Crippen LogP contribution in [0.2, 0.25) is 0 Å². The number of methoxy groups -OCH3 is 1. The van der Waals surface area contributed by atoms with E-state index < -0.39 is 0 Å². The van der Waals surface area contributed by atoms with Crippen molar-refractivity contribution in [3.8, 4) is 5.75 Å². The largest absolute Gasteiger partial charge is 0.495 e. The lowest BCUT2D eigenvalue weighted by atomic mass is 10.1. The Morgan fingerprint density at radius 2 is 1.76 bits per heavy atom. The molecule has 1 N–H and O–H groups in total. The summed E-state index contributed by atoms with van der Waals surface area (Å²) >= 11 is 0. The fraction of sp³-hybridized carbons (Fsp3) is 0.273. The van der Waals surface area contributed by atoms with Crippen molar-refractivity contribution in [3.05, 3.63) is 65.5 Å². The molecule has 0 saturated carbocycles. The number of likely N-dealkylation sites (N-methyl/N-ethyl adjacent to an activating group) is 1. The smallest absolute Gasteiger partial charge is 0.254 e. The van der Waals surface area contributed by atoms with Crippen molar-refractivity contribution in [2.75, 3.05) is 45.7 Å². The molecule has 1 aliphatic rings. The van der Waals surface area contributed by atoms with Gasteiger partial charge in [0.15, 0.2) is 0 Å². The second kappa shape index (κ2) is 9.34. The van der Waals surface area contributed by atoms with Crippen LogP contribution in [0.5, 0.6) is 5.75 Å². The molecule has 2 aromatic rings. The Morgan fingerprint density at radius 1 is 1.07 bits per heavy atom. The monoisotopic (exact) mass is 397 g/mol. The molecule has 1 heterocycles. The van der Waals surface area contributed by atoms with E-state index in [-0.39, 0.29) is 17.6 Å². The minimum atomic E-state index is -0.378. The van der Waals surface area contributed by atoms with E-state index in [1.807, 2.05) is 11.9 Å². The van der Waals surface area contributed by atoms with E-state index in [0.29, 0.717) is 35.7 Å². The fourth-order valence-corrected chi connectivity index (χ4v) is 3.05. The standard InChI is InChI=1S/C22H24FN3O3/c1-25-11-13-26(14-12-25)22(28)17-6-9-20(29-2)19(15-17)24-21(27)10-5-16-3-7-18(23)8-4-16/h3-10,15H,11-14H2,1-2H3,(H,24,27). The van der Waals surface area contributed by atoms with Crippen LogP contribution in [0.1, 0.15) is 15.9 Å². The van der Waals surface area contributed by atoms with Gasteiger partial charge in [-0.05, 0) is 49.0 Å². The minimum Gasteiger partial charge on any atom is -0.495 e.